The van der Waals surface area contributed by atoms with Gasteiger partial charge in [0.1, 0.15) is 5.82 Å². The number of rotatable bonds is 7. The first kappa shape index (κ1) is 22.4. The summed E-state index contributed by atoms with van der Waals surface area (Å²) < 4.78 is 27.0. The molecule has 1 heterocycles. The summed E-state index contributed by atoms with van der Waals surface area (Å²) in [7, 11) is -3.29. The van der Waals surface area contributed by atoms with Crippen LogP contribution in [0.4, 0.5) is 28.8 Å². The summed E-state index contributed by atoms with van der Waals surface area (Å²) in [5.74, 6) is 1.11. The fraction of sp³-hybridized carbons (Fsp3) is 0.304. The van der Waals surface area contributed by atoms with Gasteiger partial charge in [0, 0.05) is 33.8 Å². The number of aryl methyl sites for hydroxylation is 4. The van der Waals surface area contributed by atoms with E-state index in [-0.39, 0.29) is 5.25 Å². The fourth-order valence-electron chi connectivity index (χ4n) is 3.33. The van der Waals surface area contributed by atoms with E-state index in [0.717, 1.165) is 46.5 Å². The topological polar surface area (TPSA) is 96.0 Å². The van der Waals surface area contributed by atoms with Gasteiger partial charge >= 0.3 is 0 Å². The molecule has 1 aliphatic carbocycles. The van der Waals surface area contributed by atoms with Crippen molar-refractivity contribution in [3.05, 3.63) is 63.8 Å². The predicted octanol–water partition coefficient (Wildman–Crippen LogP) is 5.75. The molecule has 0 atom stereocenters. The van der Waals surface area contributed by atoms with Crippen LogP contribution in [0.3, 0.4) is 0 Å². The van der Waals surface area contributed by atoms with E-state index in [9.17, 15) is 8.42 Å². The summed E-state index contributed by atoms with van der Waals surface area (Å²) in [6.07, 6.45) is 3.20. The molecule has 0 aliphatic heterocycles. The van der Waals surface area contributed by atoms with Gasteiger partial charge in [0.25, 0.3) is 0 Å². The molecule has 1 aliphatic rings. The van der Waals surface area contributed by atoms with Crippen molar-refractivity contribution in [1.82, 2.24) is 9.97 Å². The van der Waals surface area contributed by atoms with E-state index in [1.807, 2.05) is 52.0 Å². The van der Waals surface area contributed by atoms with E-state index in [2.05, 4.69) is 25.3 Å². The molecule has 3 N–H and O–H groups in total. The van der Waals surface area contributed by atoms with Crippen molar-refractivity contribution in [2.24, 2.45) is 0 Å². The van der Waals surface area contributed by atoms with Crippen molar-refractivity contribution in [3.63, 3.8) is 0 Å². The van der Waals surface area contributed by atoms with Gasteiger partial charge < -0.3 is 10.6 Å². The molecule has 1 saturated carbocycles. The zero-order valence-electron chi connectivity index (χ0n) is 18.5. The number of benzene rings is 2. The Hall–Kier alpha value is -2.84. The van der Waals surface area contributed by atoms with Gasteiger partial charge in [0.15, 0.2) is 0 Å². The third kappa shape index (κ3) is 4.97. The lowest BCUT2D eigenvalue weighted by Gasteiger charge is -2.15. The second-order valence-corrected chi connectivity index (χ2v) is 10.6. The molecule has 0 radical (unpaired) electrons. The molecule has 0 saturated heterocycles. The maximum atomic E-state index is 12.2. The van der Waals surface area contributed by atoms with Crippen LogP contribution in [0.25, 0.3) is 0 Å². The number of nitrogens with zero attached hydrogens (tertiary/aromatic N) is 2. The van der Waals surface area contributed by atoms with Crippen molar-refractivity contribution in [1.29, 1.82) is 0 Å². The van der Waals surface area contributed by atoms with E-state index in [1.165, 1.54) is 0 Å². The smallest absolute Gasteiger partial charge is 0.235 e. The van der Waals surface area contributed by atoms with E-state index < -0.39 is 10.0 Å². The number of sulfonamides is 1. The van der Waals surface area contributed by atoms with Crippen LogP contribution >= 0.6 is 11.6 Å². The highest BCUT2D eigenvalue weighted by molar-refractivity contribution is 7.93. The highest BCUT2D eigenvalue weighted by atomic mass is 35.5. The number of halogens is 1. The zero-order chi connectivity index (χ0) is 23.0. The molecule has 7 nitrogen and oxygen atoms in total. The second-order valence-electron chi connectivity index (χ2n) is 8.27. The standard InChI is InChI=1S/C23H26ClN5O2S/c1-13-9-14(2)21(11-19(13)24)27-23-25-12-16(4)22(28-23)26-20-8-5-17(10-15(20)3)29-32(30,31)18-6-7-18/h5,8-12,18,29H,6-7H2,1-4H3,(H2,25,26,27,28). The van der Waals surface area contributed by atoms with Crippen molar-refractivity contribution in [3.8, 4) is 0 Å². The average Bonchev–Trinajstić information content (AvgIpc) is 3.56. The fourth-order valence-corrected chi connectivity index (χ4v) is 4.87. The van der Waals surface area contributed by atoms with E-state index in [4.69, 9.17) is 11.6 Å². The van der Waals surface area contributed by atoms with Gasteiger partial charge in [0.2, 0.25) is 16.0 Å². The van der Waals surface area contributed by atoms with Crippen LogP contribution in [0.2, 0.25) is 5.02 Å². The summed E-state index contributed by atoms with van der Waals surface area (Å²) in [6, 6.07) is 9.30. The van der Waals surface area contributed by atoms with E-state index in [0.29, 0.717) is 22.5 Å². The molecule has 168 valence electrons. The van der Waals surface area contributed by atoms with Gasteiger partial charge in [0.05, 0.1) is 5.25 Å². The summed E-state index contributed by atoms with van der Waals surface area (Å²) in [5, 5.41) is 6.98. The molecule has 0 bridgehead atoms. The van der Waals surface area contributed by atoms with Gasteiger partial charge in [-0.2, -0.15) is 4.98 Å². The second kappa shape index (κ2) is 8.60. The minimum atomic E-state index is -3.29. The third-order valence-electron chi connectivity index (χ3n) is 5.43. The Bertz CT molecular complexity index is 1290. The van der Waals surface area contributed by atoms with Crippen LogP contribution in [0.15, 0.2) is 36.5 Å². The van der Waals surface area contributed by atoms with Crippen molar-refractivity contribution in [2.75, 3.05) is 15.4 Å². The van der Waals surface area contributed by atoms with Crippen LogP contribution in [0, 0.1) is 27.7 Å². The van der Waals surface area contributed by atoms with Crippen molar-refractivity contribution < 1.29 is 8.42 Å². The summed E-state index contributed by atoms with van der Waals surface area (Å²) >= 11 is 6.27. The largest absolute Gasteiger partial charge is 0.340 e. The van der Waals surface area contributed by atoms with Gasteiger partial charge in [-0.15, -0.1) is 0 Å². The Morgan fingerprint density at radius 3 is 2.31 bits per heavy atom. The Balaban J connectivity index is 1.54. The first-order chi connectivity index (χ1) is 15.1. The Morgan fingerprint density at radius 1 is 0.906 bits per heavy atom. The zero-order valence-corrected chi connectivity index (χ0v) is 20.0. The van der Waals surface area contributed by atoms with Crippen LogP contribution in [0.5, 0.6) is 0 Å². The number of nitrogens with one attached hydrogen (secondary N) is 3. The lowest BCUT2D eigenvalue weighted by Crippen LogP contribution is -2.17. The van der Waals surface area contributed by atoms with Gasteiger partial charge in [-0.3, -0.25) is 4.72 Å². The highest BCUT2D eigenvalue weighted by Crippen LogP contribution is 2.31. The molecule has 32 heavy (non-hydrogen) atoms. The predicted molar refractivity (Wildman–Crippen MR) is 131 cm³/mol. The van der Waals surface area contributed by atoms with E-state index in [1.54, 1.807) is 12.3 Å². The van der Waals surface area contributed by atoms with Crippen LogP contribution in [-0.4, -0.2) is 23.6 Å². The minimum Gasteiger partial charge on any atom is -0.340 e. The van der Waals surface area contributed by atoms with Gasteiger partial charge in [-0.25, -0.2) is 13.4 Å². The number of anilines is 5. The lowest BCUT2D eigenvalue weighted by atomic mass is 10.1. The minimum absolute atomic E-state index is 0.262. The first-order valence-electron chi connectivity index (χ1n) is 10.4. The maximum absolute atomic E-state index is 12.2. The molecule has 2 aromatic carbocycles. The Labute approximate surface area is 193 Å². The molecule has 4 rings (SSSR count). The number of hydrogen-bond donors (Lipinski definition) is 3. The molecular weight excluding hydrogens is 446 g/mol. The molecule has 9 heteroatoms. The molecule has 1 fully saturated rings. The SMILES string of the molecule is Cc1cc(C)c(Nc2ncc(C)c(Nc3ccc(NS(=O)(=O)C4CC4)cc3C)n2)cc1Cl. The molecule has 0 amide bonds. The molecule has 0 spiro atoms. The van der Waals surface area contributed by atoms with Crippen molar-refractivity contribution in [2.45, 2.75) is 45.8 Å². The summed E-state index contributed by atoms with van der Waals surface area (Å²) in [6.45, 7) is 7.81. The first-order valence-corrected chi connectivity index (χ1v) is 12.3. The third-order valence-corrected chi connectivity index (χ3v) is 7.70. The lowest BCUT2D eigenvalue weighted by molar-refractivity contribution is 0.600. The summed E-state index contributed by atoms with van der Waals surface area (Å²) in [4.78, 5) is 9.01. The quantitative estimate of drug-likeness (QED) is 0.405. The molecule has 0 unspecified atom stereocenters. The average molecular weight is 472 g/mol. The normalized spacial score (nSPS) is 13.7. The molecular formula is C23H26ClN5O2S. The summed E-state index contributed by atoms with van der Waals surface area (Å²) in [5.41, 5.74) is 6.08. The Kier molecular flexibility index (Phi) is 6.01. The van der Waals surface area contributed by atoms with Crippen LogP contribution < -0.4 is 15.4 Å². The van der Waals surface area contributed by atoms with Crippen LogP contribution in [-0.2, 0) is 10.0 Å². The Morgan fingerprint density at radius 2 is 1.62 bits per heavy atom. The maximum Gasteiger partial charge on any atom is 0.235 e. The molecule has 3 aromatic rings. The van der Waals surface area contributed by atoms with Gasteiger partial charge in [-0.05, 0) is 81.5 Å². The highest BCUT2D eigenvalue weighted by Gasteiger charge is 2.35. The van der Waals surface area contributed by atoms with Crippen LogP contribution in [0.1, 0.15) is 35.1 Å². The van der Waals surface area contributed by atoms with E-state index >= 15 is 0 Å². The number of hydrogen-bond acceptors (Lipinski definition) is 6. The van der Waals surface area contributed by atoms with Gasteiger partial charge in [-0.1, -0.05) is 17.7 Å². The molecule has 1 aromatic heterocycles. The van der Waals surface area contributed by atoms with Crippen molar-refractivity contribution >= 4 is 50.5 Å². The number of aromatic nitrogens is 2. The monoisotopic (exact) mass is 471 g/mol.